The van der Waals surface area contributed by atoms with Crippen LogP contribution in [0.1, 0.15) is 16.7 Å². The van der Waals surface area contributed by atoms with E-state index in [1.165, 1.54) is 0 Å². The summed E-state index contributed by atoms with van der Waals surface area (Å²) in [5.74, 6) is -8.35. The van der Waals surface area contributed by atoms with Gasteiger partial charge >= 0.3 is 7.32 Å². The zero-order valence-electron chi connectivity index (χ0n) is 17.1. The average Bonchev–Trinajstić information content (AvgIpc) is 2.85. The Balaban J connectivity index is 1.85. The van der Waals surface area contributed by atoms with E-state index in [9.17, 15) is 22.6 Å². The van der Waals surface area contributed by atoms with Crippen molar-refractivity contribution in [3.63, 3.8) is 0 Å². The molecule has 4 rings (SSSR count). The Morgan fingerprint density at radius 3 is 1.33 bits per heavy atom. The Morgan fingerprint density at radius 1 is 0.606 bits per heavy atom. The smallest absolute Gasteiger partial charge is 0.507 e. The van der Waals surface area contributed by atoms with E-state index in [1.54, 1.807) is 91.0 Å². The third-order valence-electron chi connectivity index (χ3n) is 5.11. The van der Waals surface area contributed by atoms with Crippen molar-refractivity contribution in [1.82, 2.24) is 0 Å². The van der Waals surface area contributed by atoms with Gasteiger partial charge in [-0.15, -0.1) is 0 Å². The van der Waals surface area contributed by atoms with Gasteiger partial charge in [0.05, 0.1) is 0 Å². The zero-order valence-corrected chi connectivity index (χ0v) is 17.1. The summed E-state index contributed by atoms with van der Waals surface area (Å²) in [5.41, 5.74) is 0.200. The van der Waals surface area contributed by atoms with Crippen LogP contribution < -0.4 is 4.65 Å². The maximum Gasteiger partial charge on any atom is 0.711 e. The lowest BCUT2D eigenvalue weighted by atomic mass is 9.79. The van der Waals surface area contributed by atoms with Crippen LogP contribution in [0.3, 0.4) is 0 Å². The molecule has 0 saturated carbocycles. The van der Waals surface area contributed by atoms with Crippen molar-refractivity contribution < 1.29 is 31.9 Å². The van der Waals surface area contributed by atoms with E-state index in [4.69, 9.17) is 9.31 Å². The van der Waals surface area contributed by atoms with Crippen molar-refractivity contribution >= 4 is 7.32 Å². The summed E-state index contributed by atoms with van der Waals surface area (Å²) in [6.07, 6.45) is 0. The first-order valence-corrected chi connectivity index (χ1v) is 9.95. The van der Waals surface area contributed by atoms with Crippen molar-refractivity contribution in [2.75, 3.05) is 0 Å². The molecule has 4 aromatic rings. The molecule has 8 heteroatoms. The Bertz CT molecular complexity index is 1100. The van der Waals surface area contributed by atoms with Gasteiger partial charge in [-0.25, -0.2) is 8.78 Å². The summed E-state index contributed by atoms with van der Waals surface area (Å²) in [5, 5.41) is 10.6. The van der Waals surface area contributed by atoms with E-state index < -0.39 is 41.9 Å². The van der Waals surface area contributed by atoms with Gasteiger partial charge in [-0.3, -0.25) is 0 Å². The number of hydrogen-bond donors (Lipinski definition) is 1. The maximum absolute atomic E-state index is 14.1. The van der Waals surface area contributed by atoms with E-state index in [-0.39, 0.29) is 6.07 Å². The van der Waals surface area contributed by atoms with Crippen molar-refractivity contribution in [2.45, 2.75) is 5.60 Å². The number of rotatable bonds is 7. The van der Waals surface area contributed by atoms with Crippen LogP contribution in [-0.4, -0.2) is 12.3 Å². The van der Waals surface area contributed by atoms with Gasteiger partial charge in [0.2, 0.25) is 11.6 Å². The molecule has 0 aliphatic rings. The van der Waals surface area contributed by atoms with Gasteiger partial charge in [0.15, 0.2) is 17.4 Å². The first-order chi connectivity index (χ1) is 15.9. The standard InChI is InChI=1S/C25H17BF4O3/c27-20-16-21(28)23(30)24(22(20)29)32-26(31)33-25(17-10-4-1-5-11-17,18-12-6-2-7-13-18)19-14-8-3-9-15-19/h1-16,31H. The Hall–Kier alpha value is -3.62. The van der Waals surface area contributed by atoms with E-state index in [0.717, 1.165) is 0 Å². The van der Waals surface area contributed by atoms with Gasteiger partial charge in [0.25, 0.3) is 0 Å². The van der Waals surface area contributed by atoms with Gasteiger partial charge in [-0.2, -0.15) is 8.78 Å². The molecule has 0 heterocycles. The van der Waals surface area contributed by atoms with Crippen LogP contribution in [0.25, 0.3) is 0 Å². The summed E-state index contributed by atoms with van der Waals surface area (Å²) in [7, 11) is -2.31. The van der Waals surface area contributed by atoms with Crippen LogP contribution in [0.15, 0.2) is 97.1 Å². The van der Waals surface area contributed by atoms with Crippen molar-refractivity contribution in [2.24, 2.45) is 0 Å². The van der Waals surface area contributed by atoms with Gasteiger partial charge in [0.1, 0.15) is 5.60 Å². The Labute approximate surface area is 188 Å². The van der Waals surface area contributed by atoms with Crippen LogP contribution >= 0.6 is 0 Å². The van der Waals surface area contributed by atoms with Crippen molar-refractivity contribution in [3.05, 3.63) is 137 Å². The molecule has 166 valence electrons. The molecule has 0 unspecified atom stereocenters. The fourth-order valence-corrected chi connectivity index (χ4v) is 3.65. The summed E-state index contributed by atoms with van der Waals surface area (Å²) < 4.78 is 66.3. The molecule has 0 aliphatic carbocycles. The summed E-state index contributed by atoms with van der Waals surface area (Å²) in [4.78, 5) is 0. The monoisotopic (exact) mass is 452 g/mol. The fourth-order valence-electron chi connectivity index (χ4n) is 3.65. The molecule has 3 nitrogen and oxygen atoms in total. The van der Waals surface area contributed by atoms with Crippen molar-refractivity contribution in [3.8, 4) is 5.75 Å². The zero-order chi connectivity index (χ0) is 23.4. The fraction of sp³-hybridized carbons (Fsp3) is 0.0400. The van der Waals surface area contributed by atoms with E-state index in [2.05, 4.69) is 0 Å². The minimum Gasteiger partial charge on any atom is -0.507 e. The topological polar surface area (TPSA) is 38.7 Å². The van der Waals surface area contributed by atoms with Gasteiger partial charge in [-0.1, -0.05) is 91.0 Å². The number of hydrogen-bond acceptors (Lipinski definition) is 3. The van der Waals surface area contributed by atoms with Crippen LogP contribution in [0, 0.1) is 23.3 Å². The lowest BCUT2D eigenvalue weighted by Gasteiger charge is -2.36. The number of halogens is 4. The predicted octanol–water partition coefficient (Wildman–Crippen LogP) is 5.61. The predicted molar refractivity (Wildman–Crippen MR) is 115 cm³/mol. The Kier molecular flexibility index (Phi) is 6.49. The normalized spacial score (nSPS) is 11.3. The molecule has 0 atom stereocenters. The third-order valence-corrected chi connectivity index (χ3v) is 5.11. The molecule has 0 fully saturated rings. The summed E-state index contributed by atoms with van der Waals surface area (Å²) in [6.45, 7) is 0. The van der Waals surface area contributed by atoms with Crippen LogP contribution in [-0.2, 0) is 10.3 Å². The lowest BCUT2D eigenvalue weighted by Crippen LogP contribution is -2.42. The molecule has 0 bridgehead atoms. The molecular formula is C25H17BF4O3. The van der Waals surface area contributed by atoms with Crippen LogP contribution in [0.2, 0.25) is 0 Å². The molecule has 0 aliphatic heterocycles. The molecule has 4 aromatic carbocycles. The molecule has 1 N–H and O–H groups in total. The highest BCUT2D eigenvalue weighted by Gasteiger charge is 2.43. The van der Waals surface area contributed by atoms with Gasteiger partial charge in [-0.05, 0) is 16.7 Å². The van der Waals surface area contributed by atoms with E-state index in [1.807, 2.05) is 0 Å². The maximum atomic E-state index is 14.1. The summed E-state index contributed by atoms with van der Waals surface area (Å²) >= 11 is 0. The third kappa shape index (κ3) is 4.35. The molecule has 0 radical (unpaired) electrons. The first-order valence-electron chi connectivity index (χ1n) is 9.95. The SMILES string of the molecule is OB(Oc1c(F)c(F)cc(F)c1F)OC(c1ccccc1)(c1ccccc1)c1ccccc1. The van der Waals surface area contributed by atoms with Gasteiger partial charge in [0, 0.05) is 6.07 Å². The number of benzene rings is 4. The minimum atomic E-state index is -2.31. The molecular weight excluding hydrogens is 435 g/mol. The van der Waals surface area contributed by atoms with Crippen LogP contribution in [0.4, 0.5) is 17.6 Å². The van der Waals surface area contributed by atoms with E-state index in [0.29, 0.717) is 16.7 Å². The Morgan fingerprint density at radius 2 is 0.970 bits per heavy atom. The molecule has 0 aromatic heterocycles. The molecule has 0 saturated heterocycles. The molecule has 33 heavy (non-hydrogen) atoms. The second-order valence-electron chi connectivity index (χ2n) is 7.12. The highest BCUT2D eigenvalue weighted by Crippen LogP contribution is 2.41. The quantitative estimate of drug-likeness (QED) is 0.172. The molecule has 0 spiro atoms. The first kappa shape index (κ1) is 22.6. The van der Waals surface area contributed by atoms with Crippen molar-refractivity contribution in [1.29, 1.82) is 0 Å². The highest BCUT2D eigenvalue weighted by molar-refractivity contribution is 6.36. The van der Waals surface area contributed by atoms with Gasteiger partial charge < -0.3 is 14.3 Å². The van der Waals surface area contributed by atoms with Crippen LogP contribution in [0.5, 0.6) is 5.75 Å². The largest absolute Gasteiger partial charge is 0.711 e. The minimum absolute atomic E-state index is 0.0486. The average molecular weight is 452 g/mol. The summed E-state index contributed by atoms with van der Waals surface area (Å²) in [6, 6.07) is 26.4. The second kappa shape index (κ2) is 9.48. The lowest BCUT2D eigenvalue weighted by molar-refractivity contribution is 0.0841. The highest BCUT2D eigenvalue weighted by atomic mass is 19.2. The molecule has 0 amide bonds. The van der Waals surface area contributed by atoms with E-state index >= 15 is 0 Å². The second-order valence-corrected chi connectivity index (χ2v) is 7.12.